The number of para-hydroxylation sites is 1. The van der Waals surface area contributed by atoms with Gasteiger partial charge >= 0.3 is 0 Å². The number of hydrogen-bond acceptors (Lipinski definition) is 7. The van der Waals surface area contributed by atoms with E-state index < -0.39 is 0 Å². The lowest BCUT2D eigenvalue weighted by Gasteiger charge is -2.33. The fourth-order valence-corrected chi connectivity index (χ4v) is 7.62. The molecule has 9 heteroatoms. The van der Waals surface area contributed by atoms with Crippen LogP contribution in [0.5, 0.6) is 0 Å². The number of pyridine rings is 1. The first kappa shape index (κ1) is 28.1. The van der Waals surface area contributed by atoms with Crippen LogP contribution in [0.4, 0.5) is 5.00 Å². The van der Waals surface area contributed by atoms with Crippen molar-refractivity contribution in [3.63, 3.8) is 0 Å². The third kappa shape index (κ3) is 5.44. The number of nitriles is 1. The van der Waals surface area contributed by atoms with Crippen LogP contribution in [0.25, 0.3) is 33.5 Å². The van der Waals surface area contributed by atoms with Crippen LogP contribution < -0.4 is 5.32 Å². The molecule has 1 amide bonds. The zero-order valence-electron chi connectivity index (χ0n) is 24.1. The molecule has 0 spiro atoms. The Bertz CT molecular complexity index is 1830. The third-order valence-electron chi connectivity index (χ3n) is 8.05. The molecule has 0 fully saturated rings. The maximum Gasteiger partial charge on any atom is 0.235 e. The number of nitrogens with zero attached hydrogens (tertiary/aromatic N) is 5. The minimum atomic E-state index is -0.159. The molecule has 212 valence electrons. The number of nitrogens with one attached hydrogen (secondary N) is 1. The summed E-state index contributed by atoms with van der Waals surface area (Å²) in [4.78, 5) is 19.2. The highest BCUT2D eigenvalue weighted by molar-refractivity contribution is 7.99. The lowest BCUT2D eigenvalue weighted by Crippen LogP contribution is -2.26. The second kappa shape index (κ2) is 11.3. The van der Waals surface area contributed by atoms with Crippen molar-refractivity contribution in [3.8, 4) is 28.7 Å². The van der Waals surface area contributed by atoms with Crippen molar-refractivity contribution >= 4 is 44.9 Å². The Morgan fingerprint density at radius 2 is 1.90 bits per heavy atom. The molecule has 1 aliphatic carbocycles. The van der Waals surface area contributed by atoms with E-state index in [1.807, 2.05) is 66.2 Å². The minimum Gasteiger partial charge on any atom is -0.316 e. The second-order valence-corrected chi connectivity index (χ2v) is 13.8. The number of thiophene rings is 1. The van der Waals surface area contributed by atoms with E-state index in [0.29, 0.717) is 27.5 Å². The highest BCUT2D eigenvalue weighted by Crippen LogP contribution is 2.44. The maximum atomic E-state index is 13.1. The lowest BCUT2D eigenvalue weighted by molar-refractivity contribution is -0.113. The van der Waals surface area contributed by atoms with Gasteiger partial charge in [-0.25, -0.2) is 4.98 Å². The standard InChI is InChI=1S/C33H32N6OS2/c1-33(2,3)21-14-15-23-25(18-34)31(42-28(23)16-21)36-29(40)19-41-32-38-37-30(39(32)4)24-17-27(20-10-6-5-7-11-20)35-26-13-9-8-12-22(24)26/h5-13,17,21H,14-16,19H2,1-4H3,(H,36,40). The number of carbonyl (C=O) groups is 1. The number of aromatic nitrogens is 4. The van der Waals surface area contributed by atoms with E-state index in [-0.39, 0.29) is 17.1 Å². The number of fused-ring (bicyclic) bond motifs is 2. The zero-order chi connectivity index (χ0) is 29.4. The summed E-state index contributed by atoms with van der Waals surface area (Å²) in [5.41, 5.74) is 5.66. The first-order valence-corrected chi connectivity index (χ1v) is 15.9. The van der Waals surface area contributed by atoms with Crippen LogP contribution in [0.2, 0.25) is 0 Å². The summed E-state index contributed by atoms with van der Waals surface area (Å²) in [5.74, 6) is 1.28. The van der Waals surface area contributed by atoms with Crippen molar-refractivity contribution in [1.82, 2.24) is 19.7 Å². The van der Waals surface area contributed by atoms with E-state index in [1.54, 1.807) is 11.3 Å². The molecule has 3 aromatic heterocycles. The van der Waals surface area contributed by atoms with E-state index in [9.17, 15) is 10.1 Å². The topological polar surface area (TPSA) is 96.5 Å². The van der Waals surface area contributed by atoms with Crippen molar-refractivity contribution in [2.75, 3.05) is 11.1 Å². The first-order chi connectivity index (χ1) is 20.2. The van der Waals surface area contributed by atoms with Crippen LogP contribution in [0.1, 0.15) is 43.2 Å². The Morgan fingerprint density at radius 1 is 1.14 bits per heavy atom. The number of amides is 1. The molecule has 0 radical (unpaired) electrons. The second-order valence-electron chi connectivity index (χ2n) is 11.8. The highest BCUT2D eigenvalue weighted by atomic mass is 32.2. The van der Waals surface area contributed by atoms with E-state index in [2.05, 4.69) is 48.4 Å². The van der Waals surface area contributed by atoms with E-state index in [0.717, 1.165) is 52.5 Å². The Balaban J connectivity index is 1.21. The predicted octanol–water partition coefficient (Wildman–Crippen LogP) is 7.51. The molecule has 0 aliphatic heterocycles. The number of hydrogen-bond donors (Lipinski definition) is 1. The molecular weight excluding hydrogens is 561 g/mol. The van der Waals surface area contributed by atoms with Crippen LogP contribution in [-0.4, -0.2) is 31.4 Å². The summed E-state index contributed by atoms with van der Waals surface area (Å²) in [6.45, 7) is 6.83. The molecule has 1 N–H and O–H groups in total. The molecule has 6 rings (SSSR count). The van der Waals surface area contributed by atoms with Crippen molar-refractivity contribution in [3.05, 3.63) is 76.7 Å². The molecule has 1 unspecified atom stereocenters. The van der Waals surface area contributed by atoms with Gasteiger partial charge in [-0.1, -0.05) is 81.1 Å². The van der Waals surface area contributed by atoms with Gasteiger partial charge in [-0.2, -0.15) is 5.26 Å². The number of anilines is 1. The Labute approximate surface area is 254 Å². The van der Waals surface area contributed by atoms with E-state index >= 15 is 0 Å². The Morgan fingerprint density at radius 3 is 2.67 bits per heavy atom. The molecule has 0 saturated carbocycles. The molecule has 5 aromatic rings. The fraction of sp³-hybridized carbons (Fsp3) is 0.303. The smallest absolute Gasteiger partial charge is 0.235 e. The van der Waals surface area contributed by atoms with Gasteiger partial charge in [-0.15, -0.1) is 21.5 Å². The average Bonchev–Trinajstić information content (AvgIpc) is 3.53. The first-order valence-electron chi connectivity index (χ1n) is 14.0. The molecule has 3 heterocycles. The van der Waals surface area contributed by atoms with Crippen molar-refractivity contribution in [2.24, 2.45) is 18.4 Å². The molecular formula is C33H32N6OS2. The van der Waals surface area contributed by atoms with Gasteiger partial charge in [0.25, 0.3) is 0 Å². The highest BCUT2D eigenvalue weighted by Gasteiger charge is 2.32. The minimum absolute atomic E-state index is 0.159. The van der Waals surface area contributed by atoms with Crippen LogP contribution in [-0.2, 0) is 24.7 Å². The summed E-state index contributed by atoms with van der Waals surface area (Å²) in [6.07, 6.45) is 2.91. The largest absolute Gasteiger partial charge is 0.316 e. The van der Waals surface area contributed by atoms with Crippen molar-refractivity contribution in [2.45, 2.75) is 45.2 Å². The number of rotatable bonds is 6. The van der Waals surface area contributed by atoms with Gasteiger partial charge in [-0.3, -0.25) is 4.79 Å². The van der Waals surface area contributed by atoms with Gasteiger partial charge in [0.15, 0.2) is 11.0 Å². The van der Waals surface area contributed by atoms with Gasteiger partial charge in [0.05, 0.1) is 22.5 Å². The average molecular weight is 593 g/mol. The maximum absolute atomic E-state index is 13.1. The Hall–Kier alpha value is -4.00. The number of thioether (sulfide) groups is 1. The van der Waals surface area contributed by atoms with Gasteiger partial charge in [-0.05, 0) is 48.3 Å². The molecule has 1 atom stereocenters. The molecule has 1 aliphatic rings. The van der Waals surface area contributed by atoms with Gasteiger partial charge in [0.1, 0.15) is 11.1 Å². The zero-order valence-corrected chi connectivity index (χ0v) is 25.8. The van der Waals surface area contributed by atoms with Crippen LogP contribution >= 0.6 is 23.1 Å². The molecule has 42 heavy (non-hydrogen) atoms. The molecule has 7 nitrogen and oxygen atoms in total. The molecule has 2 aromatic carbocycles. The summed E-state index contributed by atoms with van der Waals surface area (Å²) in [5, 5.41) is 24.2. The monoisotopic (exact) mass is 592 g/mol. The van der Waals surface area contributed by atoms with Crippen molar-refractivity contribution < 1.29 is 4.79 Å². The van der Waals surface area contributed by atoms with Gasteiger partial charge < -0.3 is 9.88 Å². The SMILES string of the molecule is Cn1c(SCC(=O)Nc2sc3c(c2C#N)CCC(C(C)(C)C)C3)nnc1-c1cc(-c2ccccc2)nc2ccccc12. The fourth-order valence-electron chi connectivity index (χ4n) is 5.62. The molecule has 0 saturated heterocycles. The molecule has 0 bridgehead atoms. The van der Waals surface area contributed by atoms with Crippen LogP contribution in [0.15, 0.2) is 65.8 Å². The quantitative estimate of drug-likeness (QED) is 0.205. The normalized spacial score (nSPS) is 14.9. The van der Waals surface area contributed by atoms with Crippen LogP contribution in [0, 0.1) is 22.7 Å². The van der Waals surface area contributed by atoms with Gasteiger partial charge in [0, 0.05) is 28.4 Å². The van der Waals surface area contributed by atoms with Crippen LogP contribution in [0.3, 0.4) is 0 Å². The summed E-state index contributed by atoms with van der Waals surface area (Å²) < 4.78 is 1.92. The predicted molar refractivity (Wildman–Crippen MR) is 171 cm³/mol. The van der Waals surface area contributed by atoms with E-state index in [4.69, 9.17) is 4.98 Å². The summed E-state index contributed by atoms with van der Waals surface area (Å²) >= 11 is 2.89. The van der Waals surface area contributed by atoms with Gasteiger partial charge in [0.2, 0.25) is 5.91 Å². The third-order valence-corrected chi connectivity index (χ3v) is 10.2. The lowest BCUT2D eigenvalue weighted by atomic mass is 9.72. The van der Waals surface area contributed by atoms with E-state index in [1.165, 1.54) is 16.6 Å². The summed E-state index contributed by atoms with van der Waals surface area (Å²) in [6, 6.07) is 22.5. The van der Waals surface area contributed by atoms with Crippen molar-refractivity contribution in [1.29, 1.82) is 5.26 Å². The number of carbonyl (C=O) groups excluding carboxylic acids is 1. The summed E-state index contributed by atoms with van der Waals surface area (Å²) in [7, 11) is 1.92. The number of benzene rings is 2. The Kier molecular flexibility index (Phi) is 7.60.